The quantitative estimate of drug-likeness (QED) is 0.819. The normalized spacial score (nSPS) is 23.6. The Morgan fingerprint density at radius 1 is 1.12 bits per heavy atom. The highest BCUT2D eigenvalue weighted by Crippen LogP contribution is 2.48. The van der Waals surface area contributed by atoms with Gasteiger partial charge in [-0.3, -0.25) is 9.69 Å². The minimum absolute atomic E-state index is 0.0865. The second-order valence-electron chi connectivity index (χ2n) is 7.42. The second-order valence-corrected chi connectivity index (χ2v) is 7.85. The highest BCUT2D eigenvalue weighted by atomic mass is 35.5. The average molecular weight is 369 g/mol. The minimum atomic E-state index is 0.0865. The van der Waals surface area contributed by atoms with Gasteiger partial charge in [0.25, 0.3) is 0 Å². The fourth-order valence-electron chi connectivity index (χ4n) is 4.10. The van der Waals surface area contributed by atoms with Crippen LogP contribution in [-0.2, 0) is 4.79 Å². The summed E-state index contributed by atoms with van der Waals surface area (Å²) in [5.41, 5.74) is 2.47. The molecule has 26 heavy (non-hydrogen) atoms. The number of nitrogens with one attached hydrogen (secondary N) is 1. The average Bonchev–Trinajstić information content (AvgIpc) is 3.30. The molecule has 1 amide bonds. The lowest BCUT2D eigenvalue weighted by Gasteiger charge is -2.28. The predicted octanol–water partition coefficient (Wildman–Crippen LogP) is 4.40. The van der Waals surface area contributed by atoms with E-state index < -0.39 is 0 Å². The van der Waals surface area contributed by atoms with E-state index in [0.717, 1.165) is 24.5 Å². The van der Waals surface area contributed by atoms with Crippen LogP contribution >= 0.6 is 11.6 Å². The van der Waals surface area contributed by atoms with Crippen molar-refractivity contribution in [2.45, 2.75) is 31.2 Å². The summed E-state index contributed by atoms with van der Waals surface area (Å²) in [5.74, 6) is 0.578. The van der Waals surface area contributed by atoms with Crippen LogP contribution in [-0.4, -0.2) is 30.4 Å². The van der Waals surface area contributed by atoms with Crippen molar-refractivity contribution < 1.29 is 4.79 Å². The van der Waals surface area contributed by atoms with E-state index in [1.54, 1.807) is 0 Å². The summed E-state index contributed by atoms with van der Waals surface area (Å²) < 4.78 is 0. The van der Waals surface area contributed by atoms with Crippen molar-refractivity contribution in [2.75, 3.05) is 19.6 Å². The summed E-state index contributed by atoms with van der Waals surface area (Å²) in [6.07, 6.45) is 3.42. The standard InChI is InChI=1S/C22H25ClN2O/c23-18-10-6-9-17(13-18)19-14-20(19)22(26)24-15-21(25-11-4-5-12-25)16-7-2-1-3-8-16/h1-3,6-10,13,19-21H,4-5,11-12,14-15H2,(H,24,26). The van der Waals surface area contributed by atoms with Gasteiger partial charge < -0.3 is 5.32 Å². The summed E-state index contributed by atoms with van der Waals surface area (Å²) in [6, 6.07) is 18.7. The first kappa shape index (κ1) is 17.6. The maximum absolute atomic E-state index is 12.7. The Hall–Kier alpha value is -1.84. The van der Waals surface area contributed by atoms with Crippen molar-refractivity contribution in [1.29, 1.82) is 0 Å². The molecule has 3 atom stereocenters. The smallest absolute Gasteiger partial charge is 0.223 e. The van der Waals surface area contributed by atoms with Gasteiger partial charge in [-0.1, -0.05) is 54.1 Å². The van der Waals surface area contributed by atoms with Gasteiger partial charge in [0.15, 0.2) is 0 Å². The van der Waals surface area contributed by atoms with E-state index in [1.807, 2.05) is 24.3 Å². The molecule has 1 heterocycles. The maximum atomic E-state index is 12.7. The molecule has 0 spiro atoms. The molecule has 2 aromatic carbocycles. The zero-order valence-electron chi connectivity index (χ0n) is 14.9. The van der Waals surface area contributed by atoms with Crippen LogP contribution in [0.1, 0.15) is 42.3 Å². The molecule has 1 aliphatic carbocycles. The number of hydrogen-bond donors (Lipinski definition) is 1. The molecule has 0 radical (unpaired) electrons. The van der Waals surface area contributed by atoms with Gasteiger partial charge in [0.1, 0.15) is 0 Å². The third kappa shape index (κ3) is 3.94. The monoisotopic (exact) mass is 368 g/mol. The summed E-state index contributed by atoms with van der Waals surface area (Å²) in [6.45, 7) is 2.91. The van der Waals surface area contributed by atoms with Crippen molar-refractivity contribution in [3.05, 3.63) is 70.7 Å². The van der Waals surface area contributed by atoms with E-state index in [-0.39, 0.29) is 17.9 Å². The lowest BCUT2D eigenvalue weighted by Crippen LogP contribution is -2.37. The van der Waals surface area contributed by atoms with Gasteiger partial charge in [-0.05, 0) is 61.5 Å². The molecule has 2 fully saturated rings. The van der Waals surface area contributed by atoms with Crippen LogP contribution in [0.15, 0.2) is 54.6 Å². The first-order valence-corrected chi connectivity index (χ1v) is 9.92. The Morgan fingerprint density at radius 3 is 2.62 bits per heavy atom. The number of hydrogen-bond acceptors (Lipinski definition) is 2. The summed E-state index contributed by atoms with van der Waals surface area (Å²) >= 11 is 6.08. The molecular weight excluding hydrogens is 344 g/mol. The number of benzene rings is 2. The van der Waals surface area contributed by atoms with E-state index >= 15 is 0 Å². The highest BCUT2D eigenvalue weighted by molar-refractivity contribution is 6.30. The van der Waals surface area contributed by atoms with E-state index in [0.29, 0.717) is 12.5 Å². The summed E-state index contributed by atoms with van der Waals surface area (Å²) in [4.78, 5) is 15.2. The first-order chi connectivity index (χ1) is 12.7. The third-order valence-corrected chi connectivity index (χ3v) is 5.87. The van der Waals surface area contributed by atoms with E-state index in [1.165, 1.54) is 24.0 Å². The number of likely N-dealkylation sites (tertiary alicyclic amines) is 1. The Morgan fingerprint density at radius 2 is 1.88 bits per heavy atom. The Bertz CT molecular complexity index is 758. The zero-order valence-corrected chi connectivity index (χ0v) is 15.7. The van der Waals surface area contributed by atoms with Crippen LogP contribution in [0, 0.1) is 5.92 Å². The van der Waals surface area contributed by atoms with Crippen molar-refractivity contribution >= 4 is 17.5 Å². The fraction of sp³-hybridized carbons (Fsp3) is 0.409. The molecule has 1 N–H and O–H groups in total. The Balaban J connectivity index is 1.38. The molecule has 136 valence electrons. The van der Waals surface area contributed by atoms with Crippen molar-refractivity contribution in [2.24, 2.45) is 5.92 Å². The van der Waals surface area contributed by atoms with Crippen LogP contribution in [0.5, 0.6) is 0 Å². The van der Waals surface area contributed by atoms with Gasteiger partial charge >= 0.3 is 0 Å². The Kier molecular flexibility index (Phi) is 5.28. The van der Waals surface area contributed by atoms with E-state index in [4.69, 9.17) is 11.6 Å². The number of halogens is 1. The molecule has 3 nitrogen and oxygen atoms in total. The highest BCUT2D eigenvalue weighted by Gasteiger charge is 2.44. The van der Waals surface area contributed by atoms with Crippen molar-refractivity contribution in [1.82, 2.24) is 10.2 Å². The van der Waals surface area contributed by atoms with E-state index in [2.05, 4.69) is 40.5 Å². The van der Waals surface area contributed by atoms with E-state index in [9.17, 15) is 4.79 Å². The molecule has 1 saturated heterocycles. The number of carbonyl (C=O) groups is 1. The van der Waals surface area contributed by atoms with Crippen molar-refractivity contribution in [3.8, 4) is 0 Å². The molecule has 4 rings (SSSR count). The fourth-order valence-corrected chi connectivity index (χ4v) is 4.30. The van der Waals surface area contributed by atoms with Crippen LogP contribution in [0.2, 0.25) is 5.02 Å². The molecule has 2 aromatic rings. The molecule has 2 aliphatic rings. The van der Waals surface area contributed by atoms with Crippen LogP contribution in [0.4, 0.5) is 0 Å². The van der Waals surface area contributed by atoms with Crippen LogP contribution < -0.4 is 5.32 Å². The second kappa shape index (κ2) is 7.81. The van der Waals surface area contributed by atoms with Gasteiger partial charge in [-0.2, -0.15) is 0 Å². The van der Waals surface area contributed by atoms with Gasteiger partial charge in [0.05, 0.1) is 6.04 Å². The number of rotatable bonds is 6. The molecule has 4 heteroatoms. The molecule has 0 bridgehead atoms. The number of carbonyl (C=O) groups excluding carboxylic acids is 1. The molecule has 3 unspecified atom stereocenters. The number of nitrogens with zero attached hydrogens (tertiary/aromatic N) is 1. The van der Waals surface area contributed by atoms with Crippen molar-refractivity contribution in [3.63, 3.8) is 0 Å². The Labute approximate surface area is 160 Å². The summed E-state index contributed by atoms with van der Waals surface area (Å²) in [5, 5.41) is 3.96. The topological polar surface area (TPSA) is 32.3 Å². The third-order valence-electron chi connectivity index (χ3n) is 5.64. The number of amides is 1. The molecular formula is C22H25ClN2O. The predicted molar refractivity (Wildman–Crippen MR) is 105 cm³/mol. The van der Waals surface area contributed by atoms with Gasteiger partial charge in [0.2, 0.25) is 5.91 Å². The maximum Gasteiger partial charge on any atom is 0.223 e. The zero-order chi connectivity index (χ0) is 17.9. The molecule has 0 aromatic heterocycles. The summed E-state index contributed by atoms with van der Waals surface area (Å²) in [7, 11) is 0. The largest absolute Gasteiger partial charge is 0.354 e. The van der Waals surface area contributed by atoms with Gasteiger partial charge in [-0.15, -0.1) is 0 Å². The first-order valence-electron chi connectivity index (χ1n) is 9.54. The lowest BCUT2D eigenvalue weighted by atomic mass is 10.1. The van der Waals surface area contributed by atoms with Crippen LogP contribution in [0.3, 0.4) is 0 Å². The van der Waals surface area contributed by atoms with Gasteiger partial charge in [0, 0.05) is 17.5 Å². The SMILES string of the molecule is O=C(NCC(c1ccccc1)N1CCCC1)C1CC1c1cccc(Cl)c1. The minimum Gasteiger partial charge on any atom is -0.354 e. The van der Waals surface area contributed by atoms with Crippen LogP contribution in [0.25, 0.3) is 0 Å². The van der Waals surface area contributed by atoms with Gasteiger partial charge in [-0.25, -0.2) is 0 Å². The lowest BCUT2D eigenvalue weighted by molar-refractivity contribution is -0.122. The molecule has 1 aliphatic heterocycles. The molecule has 1 saturated carbocycles.